The van der Waals surface area contributed by atoms with Crippen molar-refractivity contribution in [2.24, 2.45) is 0 Å². The number of amides is 1. The first-order valence-corrected chi connectivity index (χ1v) is 11.5. The Kier molecular flexibility index (Phi) is 4.79. The third-order valence-corrected chi connectivity index (χ3v) is 7.08. The topological polar surface area (TPSA) is 98.4 Å². The Balaban J connectivity index is 1.46. The van der Waals surface area contributed by atoms with Crippen molar-refractivity contribution in [1.82, 2.24) is 29.5 Å². The van der Waals surface area contributed by atoms with Crippen LogP contribution in [0.3, 0.4) is 0 Å². The lowest BCUT2D eigenvalue weighted by atomic mass is 9.89. The average molecular weight is 446 g/mol. The molecule has 2 aliphatic rings. The van der Waals surface area contributed by atoms with Crippen LogP contribution in [0.25, 0.3) is 27.9 Å². The summed E-state index contributed by atoms with van der Waals surface area (Å²) in [6.45, 7) is 0. The predicted molar refractivity (Wildman–Crippen MR) is 125 cm³/mol. The quantitative estimate of drug-likeness (QED) is 0.472. The monoisotopic (exact) mass is 445 g/mol. The van der Waals surface area contributed by atoms with Gasteiger partial charge in [-0.2, -0.15) is 9.61 Å². The third-order valence-electron chi connectivity index (χ3n) is 7.08. The molecule has 0 saturated heterocycles. The number of carbonyl (C=O) groups excluding carboxylic acids is 1. The van der Waals surface area contributed by atoms with Crippen molar-refractivity contribution in [3.8, 4) is 11.3 Å². The molecule has 33 heavy (non-hydrogen) atoms. The van der Waals surface area contributed by atoms with Crippen LogP contribution in [0.1, 0.15) is 48.5 Å². The van der Waals surface area contributed by atoms with E-state index in [9.17, 15) is 4.79 Å². The molecule has 0 unspecified atom stereocenters. The van der Waals surface area contributed by atoms with Crippen molar-refractivity contribution in [3.05, 3.63) is 42.4 Å². The Morgan fingerprint density at radius 2 is 2.09 bits per heavy atom. The van der Waals surface area contributed by atoms with E-state index in [2.05, 4.69) is 37.5 Å². The SMILES string of the molecule is CNc1cc(-c2cn(C3CC(OC)C3)c3ncccc23)nc2c(C(=O)NC3CCC3)cnn12. The van der Waals surface area contributed by atoms with Crippen LogP contribution < -0.4 is 10.6 Å². The molecule has 2 fully saturated rings. The van der Waals surface area contributed by atoms with Crippen LogP contribution in [-0.2, 0) is 4.74 Å². The molecule has 2 saturated carbocycles. The largest absolute Gasteiger partial charge is 0.381 e. The second-order valence-corrected chi connectivity index (χ2v) is 8.98. The van der Waals surface area contributed by atoms with Gasteiger partial charge in [0.05, 0.1) is 18.0 Å². The summed E-state index contributed by atoms with van der Waals surface area (Å²) >= 11 is 0. The molecule has 9 heteroatoms. The van der Waals surface area contributed by atoms with Crippen molar-refractivity contribution >= 4 is 28.4 Å². The number of ether oxygens (including phenoxy) is 1. The lowest BCUT2D eigenvalue weighted by Gasteiger charge is -2.35. The number of aromatic nitrogens is 5. The lowest BCUT2D eigenvalue weighted by molar-refractivity contribution is 0.00737. The van der Waals surface area contributed by atoms with E-state index >= 15 is 0 Å². The Hall–Kier alpha value is -3.46. The zero-order chi connectivity index (χ0) is 22.5. The summed E-state index contributed by atoms with van der Waals surface area (Å²) < 4.78 is 9.41. The number of nitrogens with zero attached hydrogens (tertiary/aromatic N) is 5. The fraction of sp³-hybridized carbons (Fsp3) is 0.417. The Labute approximate surface area is 191 Å². The summed E-state index contributed by atoms with van der Waals surface area (Å²) in [4.78, 5) is 22.5. The number of pyridine rings is 1. The minimum absolute atomic E-state index is 0.120. The highest BCUT2D eigenvalue weighted by Gasteiger charge is 2.32. The van der Waals surface area contributed by atoms with Crippen LogP contribution in [0.4, 0.5) is 5.82 Å². The van der Waals surface area contributed by atoms with E-state index in [0.717, 1.165) is 60.2 Å². The van der Waals surface area contributed by atoms with Crippen LogP contribution in [0.2, 0.25) is 0 Å². The molecule has 6 rings (SSSR count). The molecule has 1 amide bonds. The van der Waals surface area contributed by atoms with Crippen molar-refractivity contribution < 1.29 is 9.53 Å². The fourth-order valence-corrected chi connectivity index (χ4v) is 4.78. The maximum atomic E-state index is 12.9. The molecule has 4 heterocycles. The maximum Gasteiger partial charge on any atom is 0.256 e. The highest BCUT2D eigenvalue weighted by Crippen LogP contribution is 2.39. The first kappa shape index (κ1) is 20.2. The standard InChI is InChI=1S/C24H27N7O2/c1-25-21-11-20(29-23-18(12-27-31(21)23)24(32)28-14-5-3-6-14)19-13-30(15-9-16(10-15)33-2)22-17(19)7-4-8-26-22/h4,7-8,11-16,25H,3,5-6,9-10H2,1-2H3,(H,28,32). The molecule has 0 aromatic carbocycles. The van der Waals surface area contributed by atoms with Crippen LogP contribution in [0.15, 0.2) is 36.8 Å². The maximum absolute atomic E-state index is 12.9. The Morgan fingerprint density at radius 1 is 1.24 bits per heavy atom. The third kappa shape index (κ3) is 3.26. The van der Waals surface area contributed by atoms with Gasteiger partial charge in [-0.25, -0.2) is 9.97 Å². The summed E-state index contributed by atoms with van der Waals surface area (Å²) in [5, 5.41) is 11.8. The number of carbonyl (C=O) groups is 1. The lowest BCUT2D eigenvalue weighted by Crippen LogP contribution is -2.39. The van der Waals surface area contributed by atoms with Gasteiger partial charge in [0.2, 0.25) is 0 Å². The van der Waals surface area contributed by atoms with Crippen LogP contribution in [0.5, 0.6) is 0 Å². The van der Waals surface area contributed by atoms with Crippen LogP contribution in [-0.4, -0.2) is 56.4 Å². The number of methoxy groups -OCH3 is 1. The Morgan fingerprint density at radius 3 is 2.82 bits per heavy atom. The minimum atomic E-state index is -0.120. The fourth-order valence-electron chi connectivity index (χ4n) is 4.78. The van der Waals surface area contributed by atoms with Gasteiger partial charge in [-0.3, -0.25) is 4.79 Å². The van der Waals surface area contributed by atoms with E-state index < -0.39 is 0 Å². The number of hydrogen-bond acceptors (Lipinski definition) is 6. The van der Waals surface area contributed by atoms with Gasteiger partial charge in [0.15, 0.2) is 5.65 Å². The van der Waals surface area contributed by atoms with Crippen molar-refractivity contribution in [1.29, 1.82) is 0 Å². The van der Waals surface area contributed by atoms with Gasteiger partial charge in [-0.05, 0) is 44.2 Å². The summed E-state index contributed by atoms with van der Waals surface area (Å²) in [5.74, 6) is 0.649. The van der Waals surface area contributed by atoms with Gasteiger partial charge in [-0.1, -0.05) is 0 Å². The smallest absolute Gasteiger partial charge is 0.256 e. The second-order valence-electron chi connectivity index (χ2n) is 8.98. The summed E-state index contributed by atoms with van der Waals surface area (Å²) in [5.41, 5.74) is 3.75. The molecule has 9 nitrogen and oxygen atoms in total. The molecule has 0 spiro atoms. The van der Waals surface area contributed by atoms with E-state index in [0.29, 0.717) is 23.4 Å². The van der Waals surface area contributed by atoms with Crippen molar-refractivity contribution in [3.63, 3.8) is 0 Å². The van der Waals surface area contributed by atoms with Crippen molar-refractivity contribution in [2.45, 2.75) is 50.3 Å². The molecule has 0 bridgehead atoms. The summed E-state index contributed by atoms with van der Waals surface area (Å²) in [6, 6.07) is 6.60. The van der Waals surface area contributed by atoms with E-state index in [-0.39, 0.29) is 11.9 Å². The summed E-state index contributed by atoms with van der Waals surface area (Å²) in [7, 11) is 3.61. The Bertz CT molecular complexity index is 1350. The molecule has 2 N–H and O–H groups in total. The van der Waals surface area contributed by atoms with Crippen LogP contribution in [0, 0.1) is 0 Å². The van der Waals surface area contributed by atoms with E-state index in [1.165, 1.54) is 0 Å². The normalized spacial score (nSPS) is 20.5. The first-order chi connectivity index (χ1) is 16.2. The van der Waals surface area contributed by atoms with Gasteiger partial charge in [0, 0.05) is 55.7 Å². The molecule has 0 atom stereocenters. The van der Waals surface area contributed by atoms with E-state index in [1.807, 2.05) is 25.4 Å². The van der Waals surface area contributed by atoms with Crippen molar-refractivity contribution in [2.75, 3.05) is 19.5 Å². The molecular formula is C24H27N7O2. The number of hydrogen-bond donors (Lipinski definition) is 2. The van der Waals surface area contributed by atoms with E-state index in [1.54, 1.807) is 17.8 Å². The minimum Gasteiger partial charge on any atom is -0.381 e. The molecule has 2 aliphatic carbocycles. The summed E-state index contributed by atoms with van der Waals surface area (Å²) in [6.07, 6.45) is 11.0. The highest BCUT2D eigenvalue weighted by atomic mass is 16.5. The number of fused-ring (bicyclic) bond motifs is 2. The van der Waals surface area contributed by atoms with Gasteiger partial charge in [-0.15, -0.1) is 0 Å². The zero-order valence-electron chi connectivity index (χ0n) is 18.8. The van der Waals surface area contributed by atoms with Gasteiger partial charge in [0.1, 0.15) is 17.0 Å². The average Bonchev–Trinajstić information content (AvgIpc) is 3.37. The van der Waals surface area contributed by atoms with Gasteiger partial charge in [0.25, 0.3) is 5.91 Å². The number of rotatable bonds is 6. The number of anilines is 1. The van der Waals surface area contributed by atoms with Gasteiger partial charge >= 0.3 is 0 Å². The first-order valence-electron chi connectivity index (χ1n) is 11.5. The van der Waals surface area contributed by atoms with Gasteiger partial charge < -0.3 is 19.9 Å². The predicted octanol–water partition coefficient (Wildman–Crippen LogP) is 3.42. The second kappa shape index (κ2) is 7.84. The van der Waals surface area contributed by atoms with E-state index in [4.69, 9.17) is 9.72 Å². The molecule has 0 aliphatic heterocycles. The molecule has 4 aromatic rings. The molecule has 0 radical (unpaired) electrons. The molecular weight excluding hydrogens is 418 g/mol. The number of nitrogens with one attached hydrogen (secondary N) is 2. The highest BCUT2D eigenvalue weighted by molar-refractivity contribution is 6.01. The zero-order valence-corrected chi connectivity index (χ0v) is 18.8. The molecule has 4 aromatic heterocycles. The molecule has 170 valence electrons. The van der Waals surface area contributed by atoms with Crippen LogP contribution >= 0.6 is 0 Å².